The van der Waals surface area contributed by atoms with E-state index in [2.05, 4.69) is 10.1 Å². The van der Waals surface area contributed by atoms with Crippen molar-refractivity contribution in [2.45, 2.75) is 13.8 Å². The summed E-state index contributed by atoms with van der Waals surface area (Å²) in [5, 5.41) is 4.22. The van der Waals surface area contributed by atoms with Crippen molar-refractivity contribution in [3.8, 4) is 11.4 Å². The molecule has 2 rings (SSSR count). The Labute approximate surface area is 111 Å². The minimum Gasteiger partial charge on any atom is -0.494 e. The van der Waals surface area contributed by atoms with Gasteiger partial charge >= 0.3 is 5.97 Å². The van der Waals surface area contributed by atoms with Gasteiger partial charge in [-0.3, -0.25) is 0 Å². The number of ether oxygens (including phenoxy) is 2. The molecule has 0 aliphatic rings. The molecular formula is C13H15N3O3. The second kappa shape index (κ2) is 5.51. The average Bonchev–Trinajstić information content (AvgIpc) is 2.81. The minimum absolute atomic E-state index is 0.142. The highest BCUT2D eigenvalue weighted by Crippen LogP contribution is 2.22. The molecule has 6 heteroatoms. The Morgan fingerprint density at radius 1 is 1.37 bits per heavy atom. The van der Waals surface area contributed by atoms with Crippen LogP contribution in [-0.2, 0) is 4.74 Å². The number of hydrogen-bond donors (Lipinski definition) is 0. The first-order chi connectivity index (χ1) is 9.17. The molecule has 1 aromatic heterocycles. The van der Waals surface area contributed by atoms with Crippen molar-refractivity contribution in [2.75, 3.05) is 13.7 Å². The molecule has 0 atom stereocenters. The highest BCUT2D eigenvalue weighted by molar-refractivity contribution is 5.86. The Hall–Kier alpha value is -2.37. The summed E-state index contributed by atoms with van der Waals surface area (Å²) in [5.41, 5.74) is 0.647. The van der Waals surface area contributed by atoms with Gasteiger partial charge in [0.15, 0.2) is 0 Å². The summed E-state index contributed by atoms with van der Waals surface area (Å²) in [4.78, 5) is 16.0. The minimum atomic E-state index is -0.506. The highest BCUT2D eigenvalue weighted by Gasteiger charge is 2.20. The largest absolute Gasteiger partial charge is 0.494 e. The molecule has 1 heterocycles. The molecule has 0 fully saturated rings. The van der Waals surface area contributed by atoms with Gasteiger partial charge in [0.05, 0.1) is 13.7 Å². The lowest BCUT2D eigenvalue weighted by molar-refractivity contribution is 0.0508. The molecule has 2 aromatic rings. The van der Waals surface area contributed by atoms with Crippen LogP contribution in [0.2, 0.25) is 0 Å². The van der Waals surface area contributed by atoms with E-state index in [1.807, 2.05) is 12.1 Å². The van der Waals surface area contributed by atoms with Crippen molar-refractivity contribution < 1.29 is 14.3 Å². The average molecular weight is 261 g/mol. The maximum absolute atomic E-state index is 11.9. The van der Waals surface area contributed by atoms with Crippen LogP contribution in [0.4, 0.5) is 0 Å². The summed E-state index contributed by atoms with van der Waals surface area (Å²) >= 11 is 0. The van der Waals surface area contributed by atoms with Crippen molar-refractivity contribution in [1.82, 2.24) is 14.8 Å². The van der Waals surface area contributed by atoms with Crippen molar-refractivity contribution in [2.24, 2.45) is 0 Å². The molecule has 6 nitrogen and oxygen atoms in total. The van der Waals surface area contributed by atoms with Gasteiger partial charge in [-0.25, -0.2) is 14.5 Å². The third-order valence-electron chi connectivity index (χ3n) is 2.48. The number of nitrogens with zero attached hydrogens (tertiary/aromatic N) is 3. The second-order valence-corrected chi connectivity index (χ2v) is 3.79. The first-order valence-corrected chi connectivity index (χ1v) is 5.91. The van der Waals surface area contributed by atoms with Gasteiger partial charge in [-0.1, -0.05) is 12.1 Å². The van der Waals surface area contributed by atoms with Crippen LogP contribution < -0.4 is 4.74 Å². The van der Waals surface area contributed by atoms with Gasteiger partial charge in [0, 0.05) is 0 Å². The Balaban J connectivity index is 2.53. The van der Waals surface area contributed by atoms with Gasteiger partial charge in [-0.05, 0) is 26.0 Å². The zero-order valence-corrected chi connectivity index (χ0v) is 11.1. The number of rotatable bonds is 4. The van der Waals surface area contributed by atoms with Crippen LogP contribution in [-0.4, -0.2) is 34.5 Å². The topological polar surface area (TPSA) is 66.2 Å². The fourth-order valence-electron chi connectivity index (χ4n) is 1.72. The SMILES string of the molecule is CCOC(=O)c1nc(C)nn1-c1ccccc1OC. The molecule has 19 heavy (non-hydrogen) atoms. The van der Waals surface area contributed by atoms with Crippen molar-refractivity contribution in [3.05, 3.63) is 35.9 Å². The highest BCUT2D eigenvalue weighted by atomic mass is 16.5. The van der Waals surface area contributed by atoms with E-state index in [-0.39, 0.29) is 12.4 Å². The summed E-state index contributed by atoms with van der Waals surface area (Å²) in [6.07, 6.45) is 0. The zero-order valence-electron chi connectivity index (χ0n) is 11.1. The molecular weight excluding hydrogens is 246 g/mol. The van der Waals surface area contributed by atoms with Crippen LogP contribution in [0, 0.1) is 6.92 Å². The first kappa shape index (κ1) is 13.1. The predicted molar refractivity (Wildman–Crippen MR) is 68.6 cm³/mol. The number of carbonyl (C=O) groups is 1. The molecule has 0 saturated heterocycles. The van der Waals surface area contributed by atoms with Gasteiger partial charge in [-0.15, -0.1) is 0 Å². The molecule has 0 radical (unpaired) electrons. The Kier molecular flexibility index (Phi) is 3.79. The smallest absolute Gasteiger partial charge is 0.376 e. The molecule has 0 aliphatic heterocycles. The lowest BCUT2D eigenvalue weighted by Crippen LogP contribution is -2.13. The van der Waals surface area contributed by atoms with E-state index in [0.717, 1.165) is 0 Å². The van der Waals surface area contributed by atoms with E-state index < -0.39 is 5.97 Å². The third kappa shape index (κ3) is 2.57. The number of esters is 1. The Bertz CT molecular complexity index is 593. The lowest BCUT2D eigenvalue weighted by Gasteiger charge is -2.09. The summed E-state index contributed by atoms with van der Waals surface area (Å²) in [6, 6.07) is 7.27. The third-order valence-corrected chi connectivity index (χ3v) is 2.48. The van der Waals surface area contributed by atoms with Gasteiger partial charge in [0.1, 0.15) is 17.3 Å². The van der Waals surface area contributed by atoms with Crippen LogP contribution >= 0.6 is 0 Å². The fraction of sp³-hybridized carbons (Fsp3) is 0.308. The quantitative estimate of drug-likeness (QED) is 0.784. The first-order valence-electron chi connectivity index (χ1n) is 5.91. The van der Waals surface area contributed by atoms with Crippen molar-refractivity contribution >= 4 is 5.97 Å². The summed E-state index contributed by atoms with van der Waals surface area (Å²) in [6.45, 7) is 3.75. The molecule has 100 valence electrons. The van der Waals surface area contributed by atoms with Crippen LogP contribution in [0.3, 0.4) is 0 Å². The number of aryl methyl sites for hydroxylation is 1. The monoisotopic (exact) mass is 261 g/mol. The summed E-state index contributed by atoms with van der Waals surface area (Å²) in [5.74, 6) is 0.741. The van der Waals surface area contributed by atoms with E-state index in [0.29, 0.717) is 17.3 Å². The molecule has 0 saturated carbocycles. The number of hydrogen-bond acceptors (Lipinski definition) is 5. The van der Waals surface area contributed by atoms with Gasteiger partial charge in [0.2, 0.25) is 5.82 Å². The van der Waals surface area contributed by atoms with E-state index in [9.17, 15) is 4.79 Å². The number of methoxy groups -OCH3 is 1. The van der Waals surface area contributed by atoms with Gasteiger partial charge < -0.3 is 9.47 Å². The van der Waals surface area contributed by atoms with E-state index in [4.69, 9.17) is 9.47 Å². The molecule has 0 spiro atoms. The van der Waals surface area contributed by atoms with Crippen LogP contribution in [0.15, 0.2) is 24.3 Å². The molecule has 0 unspecified atom stereocenters. The zero-order chi connectivity index (χ0) is 13.8. The lowest BCUT2D eigenvalue weighted by atomic mass is 10.3. The van der Waals surface area contributed by atoms with Gasteiger partial charge in [-0.2, -0.15) is 5.10 Å². The van der Waals surface area contributed by atoms with Gasteiger partial charge in [0.25, 0.3) is 0 Å². The van der Waals surface area contributed by atoms with Crippen molar-refractivity contribution in [1.29, 1.82) is 0 Å². The normalized spacial score (nSPS) is 10.3. The maximum Gasteiger partial charge on any atom is 0.376 e. The number of carbonyl (C=O) groups excluding carboxylic acids is 1. The number of aromatic nitrogens is 3. The van der Waals surface area contributed by atoms with E-state index in [1.165, 1.54) is 4.68 Å². The number of benzene rings is 1. The van der Waals surface area contributed by atoms with E-state index >= 15 is 0 Å². The predicted octanol–water partition coefficient (Wildman–Crippen LogP) is 1.76. The van der Waals surface area contributed by atoms with Crippen LogP contribution in [0.1, 0.15) is 23.4 Å². The second-order valence-electron chi connectivity index (χ2n) is 3.79. The molecule has 1 aromatic carbocycles. The molecule has 0 bridgehead atoms. The van der Waals surface area contributed by atoms with Crippen LogP contribution in [0.5, 0.6) is 5.75 Å². The van der Waals surface area contributed by atoms with Crippen molar-refractivity contribution in [3.63, 3.8) is 0 Å². The Morgan fingerprint density at radius 3 is 2.79 bits per heavy atom. The summed E-state index contributed by atoms with van der Waals surface area (Å²) < 4.78 is 11.7. The molecule has 0 amide bonds. The maximum atomic E-state index is 11.9. The summed E-state index contributed by atoms with van der Waals surface area (Å²) in [7, 11) is 1.56. The standard InChI is InChI=1S/C13H15N3O3/c1-4-19-13(17)12-14-9(2)15-16(12)10-7-5-6-8-11(10)18-3/h5-8H,4H2,1-3H3. The Morgan fingerprint density at radius 2 is 2.11 bits per heavy atom. The van der Waals surface area contributed by atoms with E-state index in [1.54, 1.807) is 33.1 Å². The molecule has 0 N–H and O–H groups in total. The van der Waals surface area contributed by atoms with Crippen LogP contribution in [0.25, 0.3) is 5.69 Å². The molecule has 0 aliphatic carbocycles. The number of para-hydroxylation sites is 2. The fourth-order valence-corrected chi connectivity index (χ4v) is 1.72.